The van der Waals surface area contributed by atoms with E-state index in [0.717, 1.165) is 24.1 Å². The standard InChI is InChI=1S/C10H13N3O/c1-8(14)2-3-9-6-11-10-4-5-12-13(10)7-9/h4-8,14H,2-3H2,1H3/t8-/m0/s1. The fourth-order valence-electron chi connectivity index (χ4n) is 1.35. The van der Waals surface area contributed by atoms with Gasteiger partial charge in [0.2, 0.25) is 0 Å². The molecule has 0 amide bonds. The maximum Gasteiger partial charge on any atom is 0.154 e. The largest absolute Gasteiger partial charge is 0.393 e. The summed E-state index contributed by atoms with van der Waals surface area (Å²) in [6, 6.07) is 1.86. The molecular formula is C10H13N3O. The first kappa shape index (κ1) is 9.15. The van der Waals surface area contributed by atoms with Gasteiger partial charge in [-0.15, -0.1) is 0 Å². The zero-order chi connectivity index (χ0) is 9.97. The molecule has 0 aromatic carbocycles. The number of hydrogen-bond donors (Lipinski definition) is 1. The average Bonchev–Trinajstić information content (AvgIpc) is 2.61. The van der Waals surface area contributed by atoms with Crippen molar-refractivity contribution in [1.82, 2.24) is 14.6 Å². The Kier molecular flexibility index (Phi) is 2.45. The monoisotopic (exact) mass is 191 g/mol. The van der Waals surface area contributed by atoms with E-state index < -0.39 is 0 Å². The van der Waals surface area contributed by atoms with Gasteiger partial charge in [0.15, 0.2) is 5.65 Å². The Bertz CT molecular complexity index is 422. The highest BCUT2D eigenvalue weighted by Crippen LogP contribution is 2.05. The van der Waals surface area contributed by atoms with Crippen LogP contribution in [0.5, 0.6) is 0 Å². The van der Waals surface area contributed by atoms with Gasteiger partial charge in [-0.1, -0.05) is 0 Å². The highest BCUT2D eigenvalue weighted by atomic mass is 16.3. The molecule has 2 heterocycles. The third-order valence-corrected chi connectivity index (χ3v) is 2.15. The second kappa shape index (κ2) is 3.75. The van der Waals surface area contributed by atoms with Crippen molar-refractivity contribution in [1.29, 1.82) is 0 Å². The molecule has 14 heavy (non-hydrogen) atoms. The highest BCUT2D eigenvalue weighted by molar-refractivity contribution is 5.35. The molecule has 0 aliphatic rings. The van der Waals surface area contributed by atoms with Crippen LogP contribution in [0.4, 0.5) is 0 Å². The van der Waals surface area contributed by atoms with Crippen molar-refractivity contribution < 1.29 is 5.11 Å². The molecule has 0 aliphatic heterocycles. The second-order valence-electron chi connectivity index (χ2n) is 3.48. The number of hydrogen-bond acceptors (Lipinski definition) is 3. The first-order chi connectivity index (χ1) is 6.75. The summed E-state index contributed by atoms with van der Waals surface area (Å²) in [5.74, 6) is 0. The zero-order valence-electron chi connectivity index (χ0n) is 8.09. The Labute approximate surface area is 82.2 Å². The van der Waals surface area contributed by atoms with Gasteiger partial charge in [-0.3, -0.25) is 0 Å². The summed E-state index contributed by atoms with van der Waals surface area (Å²) in [7, 11) is 0. The Morgan fingerprint density at radius 1 is 1.57 bits per heavy atom. The summed E-state index contributed by atoms with van der Waals surface area (Å²) in [6.07, 6.45) is 6.84. The molecule has 0 aliphatic carbocycles. The molecule has 1 atom stereocenters. The van der Waals surface area contributed by atoms with Crippen molar-refractivity contribution in [2.75, 3.05) is 0 Å². The van der Waals surface area contributed by atoms with Gasteiger partial charge in [-0.05, 0) is 25.3 Å². The summed E-state index contributed by atoms with van der Waals surface area (Å²) in [4.78, 5) is 4.24. The van der Waals surface area contributed by atoms with Crippen LogP contribution in [0.3, 0.4) is 0 Å². The van der Waals surface area contributed by atoms with E-state index in [1.807, 2.05) is 18.5 Å². The van der Waals surface area contributed by atoms with Gasteiger partial charge in [-0.2, -0.15) is 5.10 Å². The lowest BCUT2D eigenvalue weighted by Gasteiger charge is -2.03. The summed E-state index contributed by atoms with van der Waals surface area (Å²) in [6.45, 7) is 1.79. The summed E-state index contributed by atoms with van der Waals surface area (Å²) < 4.78 is 1.75. The minimum absolute atomic E-state index is 0.261. The van der Waals surface area contributed by atoms with E-state index in [0.29, 0.717) is 0 Å². The number of aliphatic hydroxyl groups excluding tert-OH is 1. The van der Waals surface area contributed by atoms with E-state index in [9.17, 15) is 0 Å². The van der Waals surface area contributed by atoms with Crippen LogP contribution in [-0.2, 0) is 6.42 Å². The van der Waals surface area contributed by atoms with Crippen LogP contribution in [0, 0.1) is 0 Å². The van der Waals surface area contributed by atoms with Crippen LogP contribution < -0.4 is 0 Å². The fraction of sp³-hybridized carbons (Fsp3) is 0.400. The molecule has 2 aromatic heterocycles. The number of aryl methyl sites for hydroxylation is 1. The third-order valence-electron chi connectivity index (χ3n) is 2.15. The van der Waals surface area contributed by atoms with Gasteiger partial charge in [0.1, 0.15) is 0 Å². The first-order valence-electron chi connectivity index (χ1n) is 4.72. The number of aliphatic hydroxyl groups is 1. The number of rotatable bonds is 3. The van der Waals surface area contributed by atoms with Gasteiger partial charge in [0.05, 0.1) is 12.3 Å². The van der Waals surface area contributed by atoms with Crippen LogP contribution in [0.25, 0.3) is 5.65 Å². The quantitative estimate of drug-likeness (QED) is 0.788. The predicted octanol–water partition coefficient (Wildman–Crippen LogP) is 1.04. The Hall–Kier alpha value is -1.42. The molecule has 0 fully saturated rings. The lowest BCUT2D eigenvalue weighted by molar-refractivity contribution is 0.185. The van der Waals surface area contributed by atoms with Gasteiger partial charge < -0.3 is 5.11 Å². The summed E-state index contributed by atoms with van der Waals surface area (Å²) in [5.41, 5.74) is 1.95. The molecule has 2 aromatic rings. The fourth-order valence-corrected chi connectivity index (χ4v) is 1.35. The lowest BCUT2D eigenvalue weighted by atomic mass is 10.1. The minimum Gasteiger partial charge on any atom is -0.393 e. The predicted molar refractivity (Wildman–Crippen MR) is 53.0 cm³/mol. The molecule has 0 spiro atoms. The molecule has 74 valence electrons. The van der Waals surface area contributed by atoms with E-state index >= 15 is 0 Å². The molecule has 1 N–H and O–H groups in total. The maximum absolute atomic E-state index is 9.14. The number of nitrogens with zero attached hydrogens (tertiary/aromatic N) is 3. The summed E-state index contributed by atoms with van der Waals surface area (Å²) >= 11 is 0. The van der Waals surface area contributed by atoms with Crippen molar-refractivity contribution in [2.24, 2.45) is 0 Å². The van der Waals surface area contributed by atoms with E-state index in [4.69, 9.17) is 5.11 Å². The molecule has 2 rings (SSSR count). The number of aromatic nitrogens is 3. The molecule has 4 nitrogen and oxygen atoms in total. The molecule has 0 saturated heterocycles. The average molecular weight is 191 g/mol. The Balaban J connectivity index is 2.17. The van der Waals surface area contributed by atoms with E-state index in [2.05, 4.69) is 10.1 Å². The van der Waals surface area contributed by atoms with Crippen molar-refractivity contribution >= 4 is 5.65 Å². The molecule has 0 saturated carbocycles. The van der Waals surface area contributed by atoms with Crippen LogP contribution in [-0.4, -0.2) is 25.8 Å². The van der Waals surface area contributed by atoms with Crippen LogP contribution in [0.2, 0.25) is 0 Å². The molecule has 0 unspecified atom stereocenters. The van der Waals surface area contributed by atoms with Crippen LogP contribution in [0.1, 0.15) is 18.9 Å². The van der Waals surface area contributed by atoms with Crippen LogP contribution in [0.15, 0.2) is 24.7 Å². The molecule has 0 bridgehead atoms. The van der Waals surface area contributed by atoms with Gasteiger partial charge >= 0.3 is 0 Å². The van der Waals surface area contributed by atoms with Crippen molar-refractivity contribution in [3.63, 3.8) is 0 Å². The second-order valence-corrected chi connectivity index (χ2v) is 3.48. The summed E-state index contributed by atoms with van der Waals surface area (Å²) in [5, 5.41) is 13.2. The van der Waals surface area contributed by atoms with Crippen molar-refractivity contribution in [3.8, 4) is 0 Å². The van der Waals surface area contributed by atoms with E-state index in [1.165, 1.54) is 0 Å². The number of fused-ring (bicyclic) bond motifs is 1. The van der Waals surface area contributed by atoms with Gasteiger partial charge in [0, 0.05) is 18.5 Å². The third kappa shape index (κ3) is 1.90. The zero-order valence-corrected chi connectivity index (χ0v) is 8.09. The SMILES string of the molecule is C[C@H](O)CCc1cnc2ccnn2c1. The molecular weight excluding hydrogens is 178 g/mol. The lowest BCUT2D eigenvalue weighted by Crippen LogP contribution is -2.02. The first-order valence-corrected chi connectivity index (χ1v) is 4.72. The van der Waals surface area contributed by atoms with Crippen molar-refractivity contribution in [3.05, 3.63) is 30.2 Å². The van der Waals surface area contributed by atoms with Gasteiger partial charge in [0.25, 0.3) is 0 Å². The van der Waals surface area contributed by atoms with E-state index in [-0.39, 0.29) is 6.10 Å². The van der Waals surface area contributed by atoms with E-state index in [1.54, 1.807) is 17.6 Å². The topological polar surface area (TPSA) is 50.4 Å². The Morgan fingerprint density at radius 3 is 3.21 bits per heavy atom. The van der Waals surface area contributed by atoms with Gasteiger partial charge in [-0.25, -0.2) is 9.50 Å². The molecule has 0 radical (unpaired) electrons. The van der Waals surface area contributed by atoms with Crippen LogP contribution >= 0.6 is 0 Å². The normalized spacial score (nSPS) is 13.3. The minimum atomic E-state index is -0.261. The molecule has 4 heteroatoms. The highest BCUT2D eigenvalue weighted by Gasteiger charge is 2.00. The maximum atomic E-state index is 9.14. The van der Waals surface area contributed by atoms with Crippen molar-refractivity contribution in [2.45, 2.75) is 25.9 Å². The smallest absolute Gasteiger partial charge is 0.154 e. The Morgan fingerprint density at radius 2 is 2.43 bits per heavy atom.